The molecule has 5 nitrogen and oxygen atoms in total. The Kier molecular flexibility index (Phi) is 6.81. The van der Waals surface area contributed by atoms with Gasteiger partial charge in [0, 0.05) is 12.1 Å². The van der Waals surface area contributed by atoms with Gasteiger partial charge in [-0.2, -0.15) is 13.2 Å². The number of aryl methyl sites for hydroxylation is 1. The number of aliphatic carboxylic acids is 1. The molecule has 0 spiro atoms. The maximum atomic E-state index is 12.2. The maximum absolute atomic E-state index is 12.2. The summed E-state index contributed by atoms with van der Waals surface area (Å²) in [5.41, 5.74) is 1.80. The van der Waals surface area contributed by atoms with Gasteiger partial charge in [0.15, 0.2) is 6.61 Å². The second-order valence-corrected chi connectivity index (χ2v) is 5.87. The lowest BCUT2D eigenvalue weighted by Crippen LogP contribution is -2.19. The third-order valence-electron chi connectivity index (χ3n) is 3.50. The van der Waals surface area contributed by atoms with E-state index in [1.165, 1.54) is 18.2 Å². The molecule has 2 N–H and O–H groups in total. The first-order valence-corrected chi connectivity index (χ1v) is 8.10. The monoisotopic (exact) mass is 381 g/mol. The summed E-state index contributed by atoms with van der Waals surface area (Å²) in [6.07, 6.45) is -4.14. The summed E-state index contributed by atoms with van der Waals surface area (Å²) in [5, 5.41) is 11.4. The van der Waals surface area contributed by atoms with Crippen molar-refractivity contribution in [1.29, 1.82) is 0 Å². The van der Waals surface area contributed by atoms with Crippen molar-refractivity contribution in [3.63, 3.8) is 0 Å². The highest BCUT2D eigenvalue weighted by molar-refractivity contribution is 5.92. The van der Waals surface area contributed by atoms with Gasteiger partial charge in [0.25, 0.3) is 0 Å². The Balaban J connectivity index is 1.94. The van der Waals surface area contributed by atoms with Crippen molar-refractivity contribution in [2.45, 2.75) is 25.4 Å². The van der Waals surface area contributed by atoms with Crippen molar-refractivity contribution >= 4 is 17.6 Å². The van der Waals surface area contributed by atoms with E-state index in [9.17, 15) is 22.8 Å². The number of rotatable bonds is 8. The number of carbonyl (C=O) groups excluding carboxylic acids is 1. The normalized spacial score (nSPS) is 11.1. The molecular weight excluding hydrogens is 363 g/mol. The van der Waals surface area contributed by atoms with Crippen LogP contribution in [-0.4, -0.2) is 29.8 Å². The number of ether oxygens (including phenoxy) is 1. The van der Waals surface area contributed by atoms with E-state index in [0.29, 0.717) is 17.7 Å². The van der Waals surface area contributed by atoms with Gasteiger partial charge in [-0.15, -0.1) is 0 Å². The predicted molar refractivity (Wildman–Crippen MR) is 92.7 cm³/mol. The average Bonchev–Trinajstić information content (AvgIpc) is 2.58. The average molecular weight is 381 g/mol. The maximum Gasteiger partial charge on any atom is 0.422 e. The molecule has 0 unspecified atom stereocenters. The van der Waals surface area contributed by atoms with Crippen LogP contribution in [0.3, 0.4) is 0 Å². The van der Waals surface area contributed by atoms with Gasteiger partial charge in [0.05, 0.1) is 6.42 Å². The molecule has 0 aliphatic rings. The van der Waals surface area contributed by atoms with E-state index in [0.717, 1.165) is 5.56 Å². The molecule has 0 saturated heterocycles. The van der Waals surface area contributed by atoms with Crippen LogP contribution in [0.5, 0.6) is 5.75 Å². The van der Waals surface area contributed by atoms with E-state index in [1.807, 2.05) is 0 Å². The summed E-state index contributed by atoms with van der Waals surface area (Å²) in [6.45, 7) is -1.40. The van der Waals surface area contributed by atoms with E-state index in [4.69, 9.17) is 5.11 Å². The highest BCUT2D eigenvalue weighted by atomic mass is 19.4. The molecule has 0 atom stereocenters. The molecule has 8 heteroatoms. The minimum atomic E-state index is -4.43. The molecular formula is C19H18F3NO4. The summed E-state index contributed by atoms with van der Waals surface area (Å²) < 4.78 is 41.3. The summed E-state index contributed by atoms with van der Waals surface area (Å²) in [4.78, 5) is 22.8. The van der Waals surface area contributed by atoms with Crippen LogP contribution in [0.15, 0.2) is 48.5 Å². The number of carbonyl (C=O) groups is 2. The molecule has 0 bridgehead atoms. The Morgan fingerprint density at radius 2 is 1.74 bits per heavy atom. The van der Waals surface area contributed by atoms with Crippen molar-refractivity contribution in [2.24, 2.45) is 0 Å². The Labute approximate surface area is 153 Å². The highest BCUT2D eigenvalue weighted by Gasteiger charge is 2.28. The van der Waals surface area contributed by atoms with Crippen LogP contribution in [0, 0.1) is 0 Å². The number of nitrogens with one attached hydrogen (secondary N) is 1. The van der Waals surface area contributed by atoms with Crippen molar-refractivity contribution in [1.82, 2.24) is 0 Å². The second-order valence-electron chi connectivity index (χ2n) is 5.87. The smallest absolute Gasteiger partial charge is 0.422 e. The Morgan fingerprint density at radius 1 is 1.04 bits per heavy atom. The topological polar surface area (TPSA) is 75.6 Å². The van der Waals surface area contributed by atoms with Crippen LogP contribution in [0.4, 0.5) is 18.9 Å². The van der Waals surface area contributed by atoms with Crippen molar-refractivity contribution < 1.29 is 32.6 Å². The summed E-state index contributed by atoms with van der Waals surface area (Å²) in [7, 11) is 0. The van der Waals surface area contributed by atoms with Crippen LogP contribution >= 0.6 is 0 Å². The van der Waals surface area contributed by atoms with Gasteiger partial charge in [-0.25, -0.2) is 0 Å². The molecule has 2 rings (SSSR count). The fourth-order valence-corrected chi connectivity index (χ4v) is 2.36. The van der Waals surface area contributed by atoms with Crippen LogP contribution in [-0.2, 0) is 22.4 Å². The summed E-state index contributed by atoms with van der Waals surface area (Å²) in [6, 6.07) is 12.7. The largest absolute Gasteiger partial charge is 0.484 e. The highest BCUT2D eigenvalue weighted by Crippen LogP contribution is 2.20. The molecule has 0 saturated carbocycles. The first kappa shape index (κ1) is 20.3. The number of carboxylic acid groups (broad SMARTS) is 1. The van der Waals surface area contributed by atoms with Crippen molar-refractivity contribution in [2.75, 3.05) is 11.9 Å². The Hall–Kier alpha value is -3.03. The fourth-order valence-electron chi connectivity index (χ4n) is 2.36. The molecule has 144 valence electrons. The van der Waals surface area contributed by atoms with Gasteiger partial charge < -0.3 is 15.2 Å². The minimum Gasteiger partial charge on any atom is -0.484 e. The Morgan fingerprint density at radius 3 is 2.44 bits per heavy atom. The first-order valence-electron chi connectivity index (χ1n) is 8.10. The molecule has 0 radical (unpaired) electrons. The van der Waals surface area contributed by atoms with Gasteiger partial charge in [-0.05, 0) is 41.8 Å². The van der Waals surface area contributed by atoms with Crippen LogP contribution in [0.2, 0.25) is 0 Å². The predicted octanol–water partition coefficient (Wildman–Crippen LogP) is 3.83. The molecule has 1 amide bonds. The van der Waals surface area contributed by atoms with Crippen molar-refractivity contribution in [3.8, 4) is 5.75 Å². The number of carboxylic acids is 1. The molecule has 27 heavy (non-hydrogen) atoms. The van der Waals surface area contributed by atoms with E-state index >= 15 is 0 Å². The first-order chi connectivity index (χ1) is 12.7. The second kappa shape index (κ2) is 9.07. The van der Waals surface area contributed by atoms with Gasteiger partial charge in [0.2, 0.25) is 5.91 Å². The lowest BCUT2D eigenvalue weighted by Gasteiger charge is -2.11. The third kappa shape index (κ3) is 7.81. The van der Waals surface area contributed by atoms with Gasteiger partial charge >= 0.3 is 12.1 Å². The minimum absolute atomic E-state index is 0.0118. The van der Waals surface area contributed by atoms with Gasteiger partial charge in [0.1, 0.15) is 5.75 Å². The number of benzene rings is 2. The van der Waals surface area contributed by atoms with E-state index in [2.05, 4.69) is 10.1 Å². The Bertz CT molecular complexity index is 806. The zero-order valence-corrected chi connectivity index (χ0v) is 14.3. The standard InChI is InChI=1S/C19H18F3NO4/c20-19(21,22)12-27-16-6-2-4-14(10-16)11-17(24)23-15-5-1-3-13(9-15)7-8-18(25)26/h1-6,9-10H,7-8,11-12H2,(H,23,24)(H,25,26). The lowest BCUT2D eigenvalue weighted by molar-refractivity contribution is -0.153. The number of amides is 1. The van der Waals surface area contributed by atoms with E-state index < -0.39 is 18.8 Å². The molecule has 0 aromatic heterocycles. The SMILES string of the molecule is O=C(O)CCc1cccc(NC(=O)Cc2cccc(OCC(F)(F)F)c2)c1. The number of hydrogen-bond donors (Lipinski definition) is 2. The molecule has 2 aromatic rings. The van der Waals surface area contributed by atoms with Crippen LogP contribution < -0.4 is 10.1 Å². The molecule has 0 fully saturated rings. The number of hydrogen-bond acceptors (Lipinski definition) is 3. The van der Waals surface area contributed by atoms with Crippen LogP contribution in [0.25, 0.3) is 0 Å². The molecule has 0 aliphatic heterocycles. The number of anilines is 1. The third-order valence-corrected chi connectivity index (χ3v) is 3.50. The summed E-state index contributed by atoms with van der Waals surface area (Å²) >= 11 is 0. The number of alkyl halides is 3. The molecule has 2 aromatic carbocycles. The molecule has 0 aliphatic carbocycles. The quantitative estimate of drug-likeness (QED) is 0.729. The zero-order chi connectivity index (χ0) is 19.9. The van der Waals surface area contributed by atoms with E-state index in [-0.39, 0.29) is 24.5 Å². The lowest BCUT2D eigenvalue weighted by atomic mass is 10.1. The summed E-state index contributed by atoms with van der Waals surface area (Å²) in [5.74, 6) is -1.22. The zero-order valence-electron chi connectivity index (χ0n) is 14.3. The van der Waals surface area contributed by atoms with Gasteiger partial charge in [-0.1, -0.05) is 24.3 Å². The fraction of sp³-hybridized carbons (Fsp3) is 0.263. The molecule has 0 heterocycles. The number of halogens is 3. The van der Waals surface area contributed by atoms with Crippen LogP contribution in [0.1, 0.15) is 17.5 Å². The van der Waals surface area contributed by atoms with Crippen molar-refractivity contribution in [3.05, 3.63) is 59.7 Å². The van der Waals surface area contributed by atoms with Gasteiger partial charge in [-0.3, -0.25) is 9.59 Å². The van der Waals surface area contributed by atoms with E-state index in [1.54, 1.807) is 30.3 Å².